The van der Waals surface area contributed by atoms with Gasteiger partial charge < -0.3 is 25.4 Å². The molecule has 0 amide bonds. The van der Waals surface area contributed by atoms with Crippen molar-refractivity contribution < 1.29 is 28.0 Å². The van der Waals surface area contributed by atoms with E-state index in [4.69, 9.17) is 20.5 Å². The van der Waals surface area contributed by atoms with Crippen LogP contribution in [0, 0.1) is 0 Å². The first-order valence-corrected chi connectivity index (χ1v) is 11.0. The van der Waals surface area contributed by atoms with Gasteiger partial charge in [0.05, 0.1) is 5.56 Å². The van der Waals surface area contributed by atoms with Gasteiger partial charge in [-0.3, -0.25) is 0 Å². The van der Waals surface area contributed by atoms with E-state index in [0.717, 1.165) is 31.7 Å². The lowest BCUT2D eigenvalue weighted by molar-refractivity contribution is -0.139. The van der Waals surface area contributed by atoms with Gasteiger partial charge in [0, 0.05) is 13.6 Å². The first-order chi connectivity index (χ1) is 15.8. The molecule has 2 heterocycles. The number of halogens is 3. The number of unbranched alkanes of at least 4 members (excludes halogenated alkanes) is 2. The number of benzene rings is 1. The first kappa shape index (κ1) is 24.7. The molecule has 0 saturated carbocycles. The Morgan fingerprint density at radius 2 is 2.18 bits per heavy atom. The van der Waals surface area contributed by atoms with Crippen molar-refractivity contribution in [3.05, 3.63) is 41.5 Å². The summed E-state index contributed by atoms with van der Waals surface area (Å²) in [5, 5.41) is 13.4. The van der Waals surface area contributed by atoms with E-state index in [1.54, 1.807) is 24.1 Å². The molecule has 2 atom stereocenters. The molecule has 182 valence electrons. The maximum atomic E-state index is 13.8. The predicted octanol–water partition coefficient (Wildman–Crippen LogP) is 4.27. The first-order valence-electron chi connectivity index (χ1n) is 11.0. The summed E-state index contributed by atoms with van der Waals surface area (Å²) in [5.41, 5.74) is 5.19. The van der Waals surface area contributed by atoms with E-state index < -0.39 is 17.9 Å². The second kappa shape index (κ2) is 10.8. The van der Waals surface area contributed by atoms with Crippen LogP contribution >= 0.6 is 0 Å². The quantitative estimate of drug-likeness (QED) is 0.147. The van der Waals surface area contributed by atoms with Crippen molar-refractivity contribution in [2.75, 3.05) is 20.2 Å². The highest BCUT2D eigenvalue weighted by Crippen LogP contribution is 2.40. The fraction of sp³-hybridized carbons (Fsp3) is 0.545. The molecule has 3 rings (SSSR count). The van der Waals surface area contributed by atoms with Gasteiger partial charge in [-0.15, -0.1) is 5.06 Å². The minimum Gasteiger partial charge on any atom is -0.489 e. The van der Waals surface area contributed by atoms with Gasteiger partial charge in [-0.2, -0.15) is 13.2 Å². The number of nitrogens with zero attached hydrogens (tertiary/aromatic N) is 4. The largest absolute Gasteiger partial charge is 0.489 e. The number of ether oxygens (including phenoxy) is 1. The number of alkyl halides is 3. The number of allylic oxidation sites excluding steroid dienone is 1. The van der Waals surface area contributed by atoms with Crippen molar-refractivity contribution in [2.24, 2.45) is 15.9 Å². The summed E-state index contributed by atoms with van der Waals surface area (Å²) >= 11 is 0. The monoisotopic (exact) mass is 469 g/mol. The minimum atomic E-state index is -4.59. The average Bonchev–Trinajstić information content (AvgIpc) is 3.41. The third-order valence-electron chi connectivity index (χ3n) is 5.60. The number of aliphatic imine (C=N–C) groups is 1. The Morgan fingerprint density at radius 1 is 1.39 bits per heavy atom. The molecule has 1 aromatic rings. The van der Waals surface area contributed by atoms with E-state index in [1.165, 1.54) is 11.1 Å². The van der Waals surface area contributed by atoms with E-state index >= 15 is 0 Å². The summed E-state index contributed by atoms with van der Waals surface area (Å²) in [6, 6.07) is 3.57. The van der Waals surface area contributed by atoms with Crippen LogP contribution < -0.4 is 10.5 Å². The molecule has 0 spiro atoms. The lowest BCUT2D eigenvalue weighted by Crippen LogP contribution is -2.45. The van der Waals surface area contributed by atoms with E-state index in [2.05, 4.69) is 17.1 Å². The van der Waals surface area contributed by atoms with Crippen molar-refractivity contribution >= 4 is 11.9 Å². The number of nitrogens with two attached hydrogens (primary N) is 1. The summed E-state index contributed by atoms with van der Waals surface area (Å²) in [5.74, 6) is 0.0308. The van der Waals surface area contributed by atoms with Gasteiger partial charge >= 0.3 is 6.18 Å². The van der Waals surface area contributed by atoms with Crippen molar-refractivity contribution in [2.45, 2.75) is 57.4 Å². The van der Waals surface area contributed by atoms with E-state index in [0.29, 0.717) is 24.4 Å². The fourth-order valence-corrected chi connectivity index (χ4v) is 3.91. The van der Waals surface area contributed by atoms with Crippen LogP contribution in [0.3, 0.4) is 0 Å². The van der Waals surface area contributed by atoms with Crippen LogP contribution in [0.4, 0.5) is 13.2 Å². The third-order valence-corrected chi connectivity index (χ3v) is 5.60. The van der Waals surface area contributed by atoms with Crippen molar-refractivity contribution in [1.82, 2.24) is 9.96 Å². The van der Waals surface area contributed by atoms with Crippen LogP contribution in [0.25, 0.3) is 0 Å². The predicted molar refractivity (Wildman–Crippen MR) is 118 cm³/mol. The zero-order valence-electron chi connectivity index (χ0n) is 18.8. The number of hydrogen-bond donors (Lipinski definition) is 2. The standard InChI is InChI=1S/C22H30F3N5O3/c1-3-4-5-6-7-13-32-18-11-10-15(14-16(18)22(23,24)25)19-27-20(33-29(19)2)17-9-8-12-30(17)21(26)28-31/h6-7,10-11,14,17,19,31H,3-5,8-9,12-13H2,1-2H3,(H2,26,28)/b7-6+/t17-,19?/m0/s1. The maximum absolute atomic E-state index is 13.8. The van der Waals surface area contributed by atoms with Gasteiger partial charge in [0.15, 0.2) is 6.17 Å². The Balaban J connectivity index is 1.80. The molecular formula is C22H30F3N5O3. The van der Waals surface area contributed by atoms with Crippen LogP contribution in [0.5, 0.6) is 5.75 Å². The van der Waals surface area contributed by atoms with Gasteiger partial charge in [-0.05, 0) is 37.0 Å². The van der Waals surface area contributed by atoms with Crippen molar-refractivity contribution in [3.8, 4) is 5.75 Å². The number of rotatable bonds is 8. The average molecular weight is 470 g/mol. The van der Waals surface area contributed by atoms with Gasteiger partial charge in [-0.25, -0.2) is 4.99 Å². The molecular weight excluding hydrogens is 439 g/mol. The lowest BCUT2D eigenvalue weighted by atomic mass is 10.1. The smallest absolute Gasteiger partial charge is 0.419 e. The normalized spacial score (nSPS) is 22.2. The van der Waals surface area contributed by atoms with Crippen LogP contribution in [0.15, 0.2) is 40.5 Å². The lowest BCUT2D eigenvalue weighted by Gasteiger charge is -2.24. The van der Waals surface area contributed by atoms with Gasteiger partial charge in [0.25, 0.3) is 0 Å². The molecule has 0 bridgehead atoms. The summed E-state index contributed by atoms with van der Waals surface area (Å²) in [4.78, 5) is 11.9. The van der Waals surface area contributed by atoms with E-state index in [-0.39, 0.29) is 24.4 Å². The number of hydrogen-bond acceptors (Lipinski definition) is 6. The summed E-state index contributed by atoms with van der Waals surface area (Å²) < 4.78 is 46.7. The molecule has 0 radical (unpaired) electrons. The third kappa shape index (κ3) is 5.89. The SMILES string of the molecule is CCCC/C=C/COc1ccc(C2N=C([C@@H]3CCCN3/C(N)=N/O)ON2C)cc1C(F)(F)F. The van der Waals surface area contributed by atoms with Crippen LogP contribution in [0.1, 0.15) is 56.3 Å². The molecule has 1 saturated heterocycles. The summed E-state index contributed by atoms with van der Waals surface area (Å²) in [7, 11) is 1.60. The molecule has 2 aliphatic rings. The number of hydroxylamine groups is 2. The molecule has 2 aliphatic heterocycles. The number of likely N-dealkylation sites (tertiary alicyclic amines) is 1. The van der Waals surface area contributed by atoms with Gasteiger partial charge in [0.1, 0.15) is 18.4 Å². The fourth-order valence-electron chi connectivity index (χ4n) is 3.91. The second-order valence-corrected chi connectivity index (χ2v) is 7.97. The topological polar surface area (TPSA) is 95.9 Å². The Labute approximate surface area is 191 Å². The molecule has 0 aromatic heterocycles. The highest BCUT2D eigenvalue weighted by atomic mass is 19.4. The number of oxime groups is 1. The molecule has 3 N–H and O–H groups in total. The molecule has 0 aliphatic carbocycles. The molecule has 8 nitrogen and oxygen atoms in total. The van der Waals surface area contributed by atoms with Crippen LogP contribution in [0.2, 0.25) is 0 Å². The van der Waals surface area contributed by atoms with Crippen LogP contribution in [-0.2, 0) is 11.0 Å². The molecule has 1 fully saturated rings. The Hall–Kier alpha value is -2.95. The Bertz CT molecular complexity index is 904. The van der Waals surface area contributed by atoms with Crippen LogP contribution in [-0.4, -0.2) is 53.3 Å². The molecule has 33 heavy (non-hydrogen) atoms. The zero-order chi connectivity index (χ0) is 24.0. The van der Waals surface area contributed by atoms with Gasteiger partial charge in [0.2, 0.25) is 11.9 Å². The summed E-state index contributed by atoms with van der Waals surface area (Å²) in [6.45, 7) is 2.70. The second-order valence-electron chi connectivity index (χ2n) is 7.97. The highest BCUT2D eigenvalue weighted by molar-refractivity contribution is 5.89. The molecule has 1 aromatic carbocycles. The molecule has 11 heteroatoms. The zero-order valence-corrected chi connectivity index (χ0v) is 18.8. The van der Waals surface area contributed by atoms with Crippen molar-refractivity contribution in [1.29, 1.82) is 0 Å². The maximum Gasteiger partial charge on any atom is 0.419 e. The minimum absolute atomic E-state index is 0.0560. The highest BCUT2D eigenvalue weighted by Gasteiger charge is 2.40. The Morgan fingerprint density at radius 3 is 2.88 bits per heavy atom. The van der Waals surface area contributed by atoms with Gasteiger partial charge in [-0.1, -0.05) is 43.1 Å². The van der Waals surface area contributed by atoms with Crippen molar-refractivity contribution in [3.63, 3.8) is 0 Å². The van der Waals surface area contributed by atoms with E-state index in [9.17, 15) is 13.2 Å². The summed E-state index contributed by atoms with van der Waals surface area (Å²) in [6.07, 6.45) is 2.69. The van der Waals surface area contributed by atoms with E-state index in [1.807, 2.05) is 6.08 Å². The Kier molecular flexibility index (Phi) is 8.06. The molecule has 1 unspecified atom stereocenters. The number of guanidine groups is 1.